The van der Waals surface area contributed by atoms with Gasteiger partial charge in [0.05, 0.1) is 4.83 Å². The average molecular weight is 461 g/mol. The van der Waals surface area contributed by atoms with Crippen LogP contribution in [-0.4, -0.2) is 0 Å². The minimum atomic E-state index is 0.198. The molecule has 2 aromatic carbocycles. The minimum Gasteiger partial charge on any atom is -0.0786 e. The fraction of sp³-hybridized carbons (Fsp3) is 0.294. The molecular weight excluding hydrogens is 444 g/mol. The molecule has 106 valence electrons. The van der Waals surface area contributed by atoms with E-state index < -0.39 is 0 Å². The standard InChI is InChI=1S/C17H17Br3/c1-9-7-10(2)12(4)16(11(9)3)17(20)14-6-5-13(18)8-15(14)19/h5-8,17H,1-4H3. The summed E-state index contributed by atoms with van der Waals surface area (Å²) < 4.78 is 2.20. The van der Waals surface area contributed by atoms with Crippen LogP contribution in [0.2, 0.25) is 0 Å². The van der Waals surface area contributed by atoms with Crippen molar-refractivity contribution in [3.8, 4) is 0 Å². The summed E-state index contributed by atoms with van der Waals surface area (Å²) in [7, 11) is 0. The lowest BCUT2D eigenvalue weighted by atomic mass is 9.90. The summed E-state index contributed by atoms with van der Waals surface area (Å²) in [5.41, 5.74) is 8.06. The number of alkyl halides is 1. The van der Waals surface area contributed by atoms with Crippen molar-refractivity contribution in [2.45, 2.75) is 32.5 Å². The summed E-state index contributed by atoms with van der Waals surface area (Å²) in [6.07, 6.45) is 0. The van der Waals surface area contributed by atoms with Crippen LogP contribution in [0, 0.1) is 27.7 Å². The van der Waals surface area contributed by atoms with Gasteiger partial charge in [0.1, 0.15) is 0 Å². The summed E-state index contributed by atoms with van der Waals surface area (Å²) in [5, 5.41) is 0. The van der Waals surface area contributed by atoms with Gasteiger partial charge >= 0.3 is 0 Å². The van der Waals surface area contributed by atoms with E-state index in [2.05, 4.69) is 99.8 Å². The van der Waals surface area contributed by atoms with Crippen molar-refractivity contribution in [1.29, 1.82) is 0 Å². The second-order valence-electron chi connectivity index (χ2n) is 5.20. The number of rotatable bonds is 2. The summed E-state index contributed by atoms with van der Waals surface area (Å²) in [6, 6.07) is 8.60. The zero-order valence-electron chi connectivity index (χ0n) is 12.0. The third kappa shape index (κ3) is 3.05. The Bertz CT molecular complexity index is 634. The van der Waals surface area contributed by atoms with Crippen LogP contribution in [0.5, 0.6) is 0 Å². The Morgan fingerprint density at radius 2 is 1.40 bits per heavy atom. The van der Waals surface area contributed by atoms with Gasteiger partial charge in [0.2, 0.25) is 0 Å². The van der Waals surface area contributed by atoms with Gasteiger partial charge in [-0.05, 0) is 73.2 Å². The Morgan fingerprint density at radius 1 is 0.850 bits per heavy atom. The molecule has 0 radical (unpaired) electrons. The van der Waals surface area contributed by atoms with Crippen molar-refractivity contribution >= 4 is 47.8 Å². The van der Waals surface area contributed by atoms with Crippen molar-refractivity contribution in [2.24, 2.45) is 0 Å². The first-order chi connectivity index (χ1) is 9.32. The van der Waals surface area contributed by atoms with Gasteiger partial charge < -0.3 is 0 Å². The second kappa shape index (κ2) is 6.33. The predicted octanol–water partition coefficient (Wildman–Crippen LogP) is 6.93. The zero-order chi connectivity index (χ0) is 15.0. The highest BCUT2D eigenvalue weighted by Gasteiger charge is 2.19. The van der Waals surface area contributed by atoms with E-state index in [1.54, 1.807) is 0 Å². The molecule has 0 aliphatic heterocycles. The number of hydrogen-bond acceptors (Lipinski definition) is 0. The topological polar surface area (TPSA) is 0 Å². The SMILES string of the molecule is Cc1cc(C)c(C)c(C(Br)c2ccc(Br)cc2Br)c1C. The molecule has 0 spiro atoms. The molecule has 0 heterocycles. The first-order valence-electron chi connectivity index (χ1n) is 6.49. The summed E-state index contributed by atoms with van der Waals surface area (Å²) in [4.78, 5) is 0.198. The third-order valence-corrected chi connectivity index (χ3v) is 6.04. The fourth-order valence-corrected chi connectivity index (χ4v) is 5.16. The van der Waals surface area contributed by atoms with Crippen LogP contribution < -0.4 is 0 Å². The van der Waals surface area contributed by atoms with E-state index in [1.807, 2.05) is 0 Å². The number of benzene rings is 2. The van der Waals surface area contributed by atoms with Crippen LogP contribution in [0.4, 0.5) is 0 Å². The van der Waals surface area contributed by atoms with Gasteiger partial charge in [-0.3, -0.25) is 0 Å². The lowest BCUT2D eigenvalue weighted by Gasteiger charge is -2.21. The van der Waals surface area contributed by atoms with Crippen molar-refractivity contribution in [3.05, 3.63) is 66.6 Å². The average Bonchev–Trinajstić information content (AvgIpc) is 2.36. The van der Waals surface area contributed by atoms with E-state index >= 15 is 0 Å². The predicted molar refractivity (Wildman–Crippen MR) is 98.0 cm³/mol. The monoisotopic (exact) mass is 458 g/mol. The maximum absolute atomic E-state index is 3.89. The van der Waals surface area contributed by atoms with Crippen LogP contribution in [0.1, 0.15) is 38.2 Å². The molecule has 0 fully saturated rings. The molecule has 1 unspecified atom stereocenters. The molecule has 0 saturated heterocycles. The lowest BCUT2D eigenvalue weighted by molar-refractivity contribution is 1.07. The molecule has 0 nitrogen and oxygen atoms in total. The quantitative estimate of drug-likeness (QED) is 0.426. The van der Waals surface area contributed by atoms with Crippen molar-refractivity contribution in [3.63, 3.8) is 0 Å². The highest BCUT2D eigenvalue weighted by atomic mass is 79.9. The molecule has 0 saturated carbocycles. The van der Waals surface area contributed by atoms with Crippen LogP contribution >= 0.6 is 47.8 Å². The number of aryl methyl sites for hydroxylation is 2. The number of halogens is 3. The molecular formula is C17H17Br3. The van der Waals surface area contributed by atoms with Gasteiger partial charge in [0.25, 0.3) is 0 Å². The molecule has 2 rings (SSSR count). The highest BCUT2D eigenvalue weighted by Crippen LogP contribution is 2.40. The molecule has 0 bridgehead atoms. The summed E-state index contributed by atoms with van der Waals surface area (Å²) in [6.45, 7) is 8.78. The smallest absolute Gasteiger partial charge is 0.0660 e. The Morgan fingerprint density at radius 3 is 1.90 bits per heavy atom. The van der Waals surface area contributed by atoms with Gasteiger partial charge in [-0.1, -0.05) is 59.9 Å². The molecule has 20 heavy (non-hydrogen) atoms. The van der Waals surface area contributed by atoms with Gasteiger partial charge in [0, 0.05) is 8.95 Å². The molecule has 0 amide bonds. The first kappa shape index (κ1) is 16.3. The maximum atomic E-state index is 3.89. The van der Waals surface area contributed by atoms with E-state index in [0.29, 0.717) is 0 Å². The van der Waals surface area contributed by atoms with E-state index in [1.165, 1.54) is 33.4 Å². The molecule has 0 aliphatic carbocycles. The lowest BCUT2D eigenvalue weighted by Crippen LogP contribution is -2.03. The van der Waals surface area contributed by atoms with Crippen LogP contribution in [-0.2, 0) is 0 Å². The molecule has 0 N–H and O–H groups in total. The van der Waals surface area contributed by atoms with Gasteiger partial charge in [-0.15, -0.1) is 0 Å². The van der Waals surface area contributed by atoms with Crippen LogP contribution in [0.25, 0.3) is 0 Å². The van der Waals surface area contributed by atoms with E-state index in [-0.39, 0.29) is 4.83 Å². The second-order valence-corrected chi connectivity index (χ2v) is 7.89. The normalized spacial score (nSPS) is 12.6. The van der Waals surface area contributed by atoms with E-state index in [0.717, 1.165) is 8.95 Å². The first-order valence-corrected chi connectivity index (χ1v) is 8.99. The molecule has 3 heteroatoms. The fourth-order valence-electron chi connectivity index (χ4n) is 2.49. The largest absolute Gasteiger partial charge is 0.0786 e. The molecule has 0 aromatic heterocycles. The molecule has 0 aliphatic rings. The maximum Gasteiger partial charge on any atom is 0.0660 e. The van der Waals surface area contributed by atoms with Crippen molar-refractivity contribution in [2.75, 3.05) is 0 Å². The zero-order valence-corrected chi connectivity index (χ0v) is 16.8. The van der Waals surface area contributed by atoms with Crippen molar-refractivity contribution < 1.29 is 0 Å². The van der Waals surface area contributed by atoms with E-state index in [9.17, 15) is 0 Å². The Labute approximate surface area is 146 Å². The third-order valence-electron chi connectivity index (χ3n) is 3.91. The number of hydrogen-bond donors (Lipinski definition) is 0. The Kier molecular flexibility index (Phi) is 5.14. The minimum absolute atomic E-state index is 0.198. The van der Waals surface area contributed by atoms with Gasteiger partial charge in [-0.25, -0.2) is 0 Å². The Hall–Kier alpha value is -0.120. The Balaban J connectivity index is 2.62. The highest BCUT2D eigenvalue weighted by molar-refractivity contribution is 9.11. The van der Waals surface area contributed by atoms with Crippen LogP contribution in [0.15, 0.2) is 33.2 Å². The van der Waals surface area contributed by atoms with Crippen molar-refractivity contribution in [1.82, 2.24) is 0 Å². The summed E-state index contributed by atoms with van der Waals surface area (Å²) >= 11 is 11.1. The van der Waals surface area contributed by atoms with Gasteiger partial charge in [0.15, 0.2) is 0 Å². The molecule has 1 atom stereocenters. The summed E-state index contributed by atoms with van der Waals surface area (Å²) in [5.74, 6) is 0. The van der Waals surface area contributed by atoms with Gasteiger partial charge in [-0.2, -0.15) is 0 Å². The van der Waals surface area contributed by atoms with E-state index in [4.69, 9.17) is 0 Å². The van der Waals surface area contributed by atoms with Crippen LogP contribution in [0.3, 0.4) is 0 Å². The molecule has 2 aromatic rings.